The molecule has 0 fully saturated rings. The fraction of sp³-hybridized carbons (Fsp3) is 0.800. The van der Waals surface area contributed by atoms with E-state index in [1.165, 1.54) is 0 Å². The number of hydrogen-bond acceptors (Lipinski definition) is 2. The van der Waals surface area contributed by atoms with E-state index in [0.717, 1.165) is 38.7 Å². The highest BCUT2D eigenvalue weighted by Gasteiger charge is 1.87. The Bertz CT molecular complexity index is 100. The van der Waals surface area contributed by atoms with E-state index < -0.39 is 0 Å². The average molecular weight is 172 g/mol. The normalized spacial score (nSPS) is 10.8. The number of allylic oxidation sites excluding steroid dienone is 1. The molecular formula is C10H20O2. The molecule has 0 bridgehead atoms. The first kappa shape index (κ1) is 11.5. The van der Waals surface area contributed by atoms with Gasteiger partial charge in [0.05, 0.1) is 12.9 Å². The van der Waals surface area contributed by atoms with Gasteiger partial charge in [0.25, 0.3) is 0 Å². The molecule has 12 heavy (non-hydrogen) atoms. The van der Waals surface area contributed by atoms with Crippen LogP contribution in [-0.4, -0.2) is 18.3 Å². The second-order valence-electron chi connectivity index (χ2n) is 2.79. The van der Waals surface area contributed by atoms with E-state index >= 15 is 0 Å². The van der Waals surface area contributed by atoms with Gasteiger partial charge in [-0.1, -0.05) is 19.4 Å². The highest BCUT2D eigenvalue weighted by molar-refractivity contribution is 4.70. The van der Waals surface area contributed by atoms with Crippen molar-refractivity contribution in [1.82, 2.24) is 0 Å². The average Bonchev–Trinajstić information content (AvgIpc) is 2.10. The summed E-state index contributed by atoms with van der Waals surface area (Å²) >= 11 is 0. The quantitative estimate of drug-likeness (QED) is 0.450. The molecule has 0 aromatic carbocycles. The molecule has 0 saturated heterocycles. The Balaban J connectivity index is 2.86. The van der Waals surface area contributed by atoms with E-state index in [1.54, 1.807) is 6.26 Å². The third kappa shape index (κ3) is 9.50. The van der Waals surface area contributed by atoms with Crippen LogP contribution in [0.25, 0.3) is 0 Å². The maximum atomic E-state index is 8.50. The van der Waals surface area contributed by atoms with E-state index in [0.29, 0.717) is 6.61 Å². The first-order valence-electron chi connectivity index (χ1n) is 4.79. The van der Waals surface area contributed by atoms with Crippen molar-refractivity contribution in [2.75, 3.05) is 13.2 Å². The smallest absolute Gasteiger partial charge is 0.0873 e. The Hall–Kier alpha value is -0.500. The molecule has 1 N–H and O–H groups in total. The molecule has 0 rings (SSSR count). The summed E-state index contributed by atoms with van der Waals surface area (Å²) in [5.41, 5.74) is 0. The predicted octanol–water partition coefficient (Wildman–Crippen LogP) is 2.48. The Morgan fingerprint density at radius 1 is 1.17 bits per heavy atom. The molecule has 0 aliphatic carbocycles. The molecule has 72 valence electrons. The Labute approximate surface area is 75.2 Å². The van der Waals surface area contributed by atoms with Gasteiger partial charge in [-0.15, -0.1) is 0 Å². The van der Waals surface area contributed by atoms with Crippen molar-refractivity contribution in [1.29, 1.82) is 0 Å². The lowest BCUT2D eigenvalue weighted by molar-refractivity contribution is 0.235. The van der Waals surface area contributed by atoms with Crippen LogP contribution in [0.5, 0.6) is 0 Å². The standard InChI is InChI=1S/C10H20O2/c1-2-3-9-12-10-7-5-4-6-8-11/h3,9,11H,2,4-8,10H2,1H3. The Morgan fingerprint density at radius 2 is 1.92 bits per heavy atom. The van der Waals surface area contributed by atoms with Crippen molar-refractivity contribution >= 4 is 0 Å². The molecule has 2 nitrogen and oxygen atoms in total. The van der Waals surface area contributed by atoms with Crippen LogP contribution in [-0.2, 0) is 4.74 Å². The molecule has 2 heteroatoms. The van der Waals surface area contributed by atoms with Crippen LogP contribution in [0.3, 0.4) is 0 Å². The molecule has 0 saturated carbocycles. The Morgan fingerprint density at radius 3 is 2.58 bits per heavy atom. The van der Waals surface area contributed by atoms with Crippen molar-refractivity contribution < 1.29 is 9.84 Å². The van der Waals surface area contributed by atoms with Gasteiger partial charge in [-0.3, -0.25) is 0 Å². The van der Waals surface area contributed by atoms with E-state index in [1.807, 2.05) is 6.08 Å². The maximum Gasteiger partial charge on any atom is 0.0873 e. The zero-order chi connectivity index (χ0) is 9.07. The lowest BCUT2D eigenvalue weighted by Crippen LogP contribution is -1.89. The summed E-state index contributed by atoms with van der Waals surface area (Å²) < 4.78 is 5.21. The van der Waals surface area contributed by atoms with Crippen molar-refractivity contribution in [2.24, 2.45) is 0 Å². The number of unbranched alkanes of at least 4 members (excludes halogenated alkanes) is 3. The van der Waals surface area contributed by atoms with Crippen LogP contribution >= 0.6 is 0 Å². The van der Waals surface area contributed by atoms with Crippen molar-refractivity contribution in [3.63, 3.8) is 0 Å². The second-order valence-corrected chi connectivity index (χ2v) is 2.79. The summed E-state index contributed by atoms with van der Waals surface area (Å²) in [5.74, 6) is 0. The largest absolute Gasteiger partial charge is 0.502 e. The monoisotopic (exact) mass is 172 g/mol. The topological polar surface area (TPSA) is 29.5 Å². The third-order valence-electron chi connectivity index (χ3n) is 1.60. The molecule has 0 radical (unpaired) electrons. The lowest BCUT2D eigenvalue weighted by Gasteiger charge is -1.99. The number of aliphatic hydroxyl groups excluding tert-OH is 1. The van der Waals surface area contributed by atoms with Crippen molar-refractivity contribution in [2.45, 2.75) is 39.0 Å². The van der Waals surface area contributed by atoms with Crippen molar-refractivity contribution in [3.8, 4) is 0 Å². The van der Waals surface area contributed by atoms with Crippen molar-refractivity contribution in [3.05, 3.63) is 12.3 Å². The molecule has 0 aliphatic heterocycles. The summed E-state index contributed by atoms with van der Waals surface area (Å²) in [7, 11) is 0. The predicted molar refractivity (Wildman–Crippen MR) is 50.9 cm³/mol. The third-order valence-corrected chi connectivity index (χ3v) is 1.60. The first-order chi connectivity index (χ1) is 5.91. The van der Waals surface area contributed by atoms with E-state index in [9.17, 15) is 0 Å². The molecule has 0 atom stereocenters. The SMILES string of the molecule is CCC=COCCCCCCO. The van der Waals surface area contributed by atoms with Gasteiger partial charge in [0.15, 0.2) is 0 Å². The molecule has 0 amide bonds. The summed E-state index contributed by atoms with van der Waals surface area (Å²) in [6.45, 7) is 3.21. The van der Waals surface area contributed by atoms with E-state index in [2.05, 4.69) is 6.92 Å². The minimum Gasteiger partial charge on any atom is -0.502 e. The lowest BCUT2D eigenvalue weighted by atomic mass is 10.2. The van der Waals surface area contributed by atoms with Crippen LogP contribution in [0, 0.1) is 0 Å². The van der Waals surface area contributed by atoms with Crippen LogP contribution in [0.15, 0.2) is 12.3 Å². The van der Waals surface area contributed by atoms with E-state index in [-0.39, 0.29) is 0 Å². The fourth-order valence-electron chi connectivity index (χ4n) is 0.883. The number of aliphatic hydroxyl groups is 1. The fourth-order valence-corrected chi connectivity index (χ4v) is 0.883. The van der Waals surface area contributed by atoms with Crippen LogP contribution < -0.4 is 0 Å². The molecule has 0 spiro atoms. The molecule has 0 unspecified atom stereocenters. The highest BCUT2D eigenvalue weighted by atomic mass is 16.5. The summed E-state index contributed by atoms with van der Waals surface area (Å²) in [6, 6.07) is 0. The zero-order valence-electron chi connectivity index (χ0n) is 7.96. The summed E-state index contributed by atoms with van der Waals surface area (Å²) in [4.78, 5) is 0. The molecular weight excluding hydrogens is 152 g/mol. The van der Waals surface area contributed by atoms with Gasteiger partial charge in [0, 0.05) is 6.61 Å². The van der Waals surface area contributed by atoms with Gasteiger partial charge >= 0.3 is 0 Å². The summed E-state index contributed by atoms with van der Waals surface area (Å²) in [5, 5.41) is 8.50. The highest BCUT2D eigenvalue weighted by Crippen LogP contribution is 1.99. The summed E-state index contributed by atoms with van der Waals surface area (Å²) in [6.07, 6.45) is 9.08. The van der Waals surface area contributed by atoms with Gasteiger partial charge in [0.1, 0.15) is 0 Å². The second kappa shape index (κ2) is 10.5. The minimum absolute atomic E-state index is 0.316. The van der Waals surface area contributed by atoms with Gasteiger partial charge in [0.2, 0.25) is 0 Å². The van der Waals surface area contributed by atoms with Gasteiger partial charge < -0.3 is 9.84 Å². The maximum absolute atomic E-state index is 8.50. The van der Waals surface area contributed by atoms with Crippen LogP contribution in [0.4, 0.5) is 0 Å². The van der Waals surface area contributed by atoms with E-state index in [4.69, 9.17) is 9.84 Å². The van der Waals surface area contributed by atoms with Gasteiger partial charge in [-0.25, -0.2) is 0 Å². The molecule has 0 aromatic rings. The van der Waals surface area contributed by atoms with Gasteiger partial charge in [-0.05, 0) is 25.7 Å². The zero-order valence-corrected chi connectivity index (χ0v) is 7.96. The molecule has 0 heterocycles. The minimum atomic E-state index is 0.316. The number of rotatable bonds is 8. The molecule has 0 aromatic heterocycles. The van der Waals surface area contributed by atoms with Crippen LogP contribution in [0.2, 0.25) is 0 Å². The first-order valence-corrected chi connectivity index (χ1v) is 4.79. The molecule has 0 aliphatic rings. The van der Waals surface area contributed by atoms with Crippen LogP contribution in [0.1, 0.15) is 39.0 Å². The number of hydrogen-bond donors (Lipinski definition) is 1. The van der Waals surface area contributed by atoms with Gasteiger partial charge in [-0.2, -0.15) is 0 Å². The Kier molecular flexibility index (Phi) is 10.1. The number of ether oxygens (including phenoxy) is 1.